The number of nitrogens with zero attached hydrogens (tertiary/aromatic N) is 2. The molecule has 4 aromatic rings. The molecule has 0 bridgehead atoms. The number of aromatic nitrogens is 2. The summed E-state index contributed by atoms with van der Waals surface area (Å²) < 4.78 is 95.9. The quantitative estimate of drug-likeness (QED) is 0.197. The number of carbonyl (C=O) groups excluding carboxylic acids is 3. The van der Waals surface area contributed by atoms with Gasteiger partial charge in [-0.05, 0) is 55.5 Å². The highest BCUT2D eigenvalue weighted by molar-refractivity contribution is 6.00. The monoisotopic (exact) mass is 663 g/mol. The molecule has 0 spiro atoms. The zero-order chi connectivity index (χ0) is 34.5. The minimum absolute atomic E-state index is 0.0245. The fourth-order valence-electron chi connectivity index (χ4n) is 4.81. The molecule has 2 atom stereocenters. The molecular formula is C30H23F6N5O6. The molecule has 5 rings (SSSR count). The summed E-state index contributed by atoms with van der Waals surface area (Å²) in [5, 5.41) is 13.2. The lowest BCUT2D eigenvalue weighted by Crippen LogP contribution is -2.51. The van der Waals surface area contributed by atoms with Gasteiger partial charge in [-0.1, -0.05) is 6.07 Å². The van der Waals surface area contributed by atoms with E-state index >= 15 is 0 Å². The van der Waals surface area contributed by atoms with Crippen LogP contribution in [0.2, 0.25) is 0 Å². The van der Waals surface area contributed by atoms with Gasteiger partial charge in [-0.25, -0.2) is 9.37 Å². The summed E-state index contributed by atoms with van der Waals surface area (Å²) in [7, 11) is 0. The standard InChI is InChI=1S/C30H23F6N5O6/c1-27(25(37)43)13-46-23-18(27)11-20(41-22(23)14-4-6-17(31)7-5-14)28(45,30(34,35)36)12-40-24(42)16-9-15-3-2-8-39-21(15)19(10-16)47-29(32,33)26(38)44/h2-11,45H,12-13H2,1H3,(H2,37,43)(H2,38,44)(H,40,42)/t27-,28?/m0/s1. The van der Waals surface area contributed by atoms with E-state index in [1.54, 1.807) is 0 Å². The average Bonchev–Trinajstić information content (AvgIpc) is 3.36. The molecule has 1 aliphatic rings. The lowest BCUT2D eigenvalue weighted by atomic mass is 9.81. The van der Waals surface area contributed by atoms with Crippen molar-refractivity contribution >= 4 is 28.6 Å². The fourth-order valence-corrected chi connectivity index (χ4v) is 4.81. The summed E-state index contributed by atoms with van der Waals surface area (Å²) in [5.41, 5.74) is 2.44. The van der Waals surface area contributed by atoms with Crippen molar-refractivity contribution < 1.29 is 55.3 Å². The van der Waals surface area contributed by atoms with Gasteiger partial charge in [0, 0.05) is 28.3 Å². The third-order valence-electron chi connectivity index (χ3n) is 7.59. The number of halogens is 6. The molecule has 2 aromatic carbocycles. The number of hydrogen-bond acceptors (Lipinski definition) is 8. The number of hydrogen-bond donors (Lipinski definition) is 4. The van der Waals surface area contributed by atoms with E-state index in [0.29, 0.717) is 6.07 Å². The topological polar surface area (TPSA) is 180 Å². The van der Waals surface area contributed by atoms with Gasteiger partial charge in [0.1, 0.15) is 34.8 Å². The van der Waals surface area contributed by atoms with Crippen LogP contribution in [-0.4, -0.2) is 58.2 Å². The molecule has 1 aliphatic heterocycles. The first-order chi connectivity index (χ1) is 21.9. The van der Waals surface area contributed by atoms with E-state index in [-0.39, 0.29) is 40.1 Å². The van der Waals surface area contributed by atoms with Crippen LogP contribution in [0.5, 0.6) is 11.5 Å². The molecule has 47 heavy (non-hydrogen) atoms. The SMILES string of the molecule is C[C@]1(C(N)=O)COc2c1cc(C(O)(CNC(=O)c1cc(OC(F)(F)C(N)=O)c3ncccc3c1)C(F)(F)F)nc2-c1ccc(F)cc1. The van der Waals surface area contributed by atoms with Crippen LogP contribution >= 0.6 is 0 Å². The van der Waals surface area contributed by atoms with Crippen molar-refractivity contribution in [2.24, 2.45) is 11.5 Å². The van der Waals surface area contributed by atoms with Gasteiger partial charge in [0.15, 0.2) is 5.75 Å². The maximum atomic E-state index is 14.7. The highest BCUT2D eigenvalue weighted by Gasteiger charge is 2.57. The van der Waals surface area contributed by atoms with Crippen LogP contribution in [0.3, 0.4) is 0 Å². The van der Waals surface area contributed by atoms with Crippen LogP contribution in [0.25, 0.3) is 22.2 Å². The number of aliphatic hydroxyl groups is 1. The molecule has 0 saturated carbocycles. The molecule has 0 saturated heterocycles. The minimum atomic E-state index is -5.52. The summed E-state index contributed by atoms with van der Waals surface area (Å²) in [4.78, 5) is 44.6. The molecule has 2 aromatic heterocycles. The molecule has 11 nitrogen and oxygen atoms in total. The van der Waals surface area contributed by atoms with Gasteiger partial charge in [-0.3, -0.25) is 19.4 Å². The van der Waals surface area contributed by atoms with Gasteiger partial charge in [0.25, 0.3) is 5.91 Å². The number of benzene rings is 2. The third kappa shape index (κ3) is 5.84. The maximum absolute atomic E-state index is 14.7. The van der Waals surface area contributed by atoms with Gasteiger partial charge in [-0.2, -0.15) is 22.0 Å². The molecule has 0 radical (unpaired) electrons. The second kappa shape index (κ2) is 11.4. The van der Waals surface area contributed by atoms with E-state index in [1.165, 1.54) is 37.4 Å². The Morgan fingerprint density at radius 2 is 1.74 bits per heavy atom. The molecule has 3 amide bonds. The van der Waals surface area contributed by atoms with Crippen LogP contribution in [0.1, 0.15) is 28.5 Å². The van der Waals surface area contributed by atoms with Gasteiger partial charge >= 0.3 is 18.2 Å². The highest BCUT2D eigenvalue weighted by atomic mass is 19.4. The van der Waals surface area contributed by atoms with Crippen molar-refractivity contribution in [3.63, 3.8) is 0 Å². The zero-order valence-electron chi connectivity index (χ0n) is 24.0. The molecule has 3 heterocycles. The zero-order valence-corrected chi connectivity index (χ0v) is 24.0. The number of carbonyl (C=O) groups is 3. The lowest BCUT2D eigenvalue weighted by Gasteiger charge is -2.31. The predicted octanol–water partition coefficient (Wildman–Crippen LogP) is 3.21. The number of primary amides is 2. The Morgan fingerprint density at radius 1 is 1.06 bits per heavy atom. The number of nitrogens with one attached hydrogen (secondary N) is 1. The molecular weight excluding hydrogens is 640 g/mol. The summed E-state index contributed by atoms with van der Waals surface area (Å²) in [6, 6.07) is 9.65. The van der Waals surface area contributed by atoms with E-state index in [9.17, 15) is 45.8 Å². The Hall–Kier alpha value is -5.45. The molecule has 0 aliphatic carbocycles. The number of fused-ring (bicyclic) bond motifs is 2. The van der Waals surface area contributed by atoms with Crippen molar-refractivity contribution in [2.45, 2.75) is 30.2 Å². The van der Waals surface area contributed by atoms with Crippen LogP contribution < -0.4 is 26.3 Å². The number of nitrogens with two attached hydrogens (primary N) is 2. The summed E-state index contributed by atoms with van der Waals surface area (Å²) >= 11 is 0. The first kappa shape index (κ1) is 32.9. The van der Waals surface area contributed by atoms with E-state index in [2.05, 4.69) is 20.4 Å². The van der Waals surface area contributed by atoms with Gasteiger partial charge in [0.2, 0.25) is 11.5 Å². The molecule has 0 fully saturated rings. The summed E-state index contributed by atoms with van der Waals surface area (Å²) in [6.07, 6.45) is -8.87. The molecule has 246 valence electrons. The van der Waals surface area contributed by atoms with E-state index in [0.717, 1.165) is 24.3 Å². The molecule has 1 unspecified atom stereocenters. The second-order valence-corrected chi connectivity index (χ2v) is 10.8. The Labute approximate surface area is 260 Å². The van der Waals surface area contributed by atoms with Crippen LogP contribution in [0, 0.1) is 5.82 Å². The Kier molecular flexibility index (Phi) is 8.00. The van der Waals surface area contributed by atoms with Crippen molar-refractivity contribution in [2.75, 3.05) is 13.2 Å². The largest absolute Gasteiger partial charge is 0.489 e. The Bertz CT molecular complexity index is 1920. The number of ether oxygens (including phenoxy) is 2. The number of pyridine rings is 2. The number of amides is 3. The van der Waals surface area contributed by atoms with E-state index in [1.807, 2.05) is 5.32 Å². The van der Waals surface area contributed by atoms with Gasteiger partial charge < -0.3 is 31.4 Å². The van der Waals surface area contributed by atoms with Crippen molar-refractivity contribution in [1.29, 1.82) is 0 Å². The Balaban J connectivity index is 1.57. The summed E-state index contributed by atoms with van der Waals surface area (Å²) in [6.45, 7) is -0.644. The maximum Gasteiger partial charge on any atom is 0.482 e. The van der Waals surface area contributed by atoms with Crippen LogP contribution in [0.4, 0.5) is 26.3 Å². The lowest BCUT2D eigenvalue weighted by molar-refractivity contribution is -0.265. The third-order valence-corrected chi connectivity index (χ3v) is 7.59. The first-order valence-electron chi connectivity index (χ1n) is 13.4. The molecule has 6 N–H and O–H groups in total. The molecule has 17 heteroatoms. The number of alkyl halides is 5. The summed E-state index contributed by atoms with van der Waals surface area (Å²) in [5.74, 6) is -6.01. The van der Waals surface area contributed by atoms with E-state index in [4.69, 9.17) is 10.5 Å². The van der Waals surface area contributed by atoms with Crippen molar-refractivity contribution in [1.82, 2.24) is 15.3 Å². The van der Waals surface area contributed by atoms with Crippen LogP contribution in [0.15, 0.2) is 60.8 Å². The van der Waals surface area contributed by atoms with E-state index < -0.39 is 70.4 Å². The highest BCUT2D eigenvalue weighted by Crippen LogP contribution is 2.47. The van der Waals surface area contributed by atoms with Gasteiger partial charge in [0.05, 0.1) is 12.2 Å². The first-order valence-corrected chi connectivity index (χ1v) is 13.4. The normalized spacial score (nSPS) is 17.4. The second-order valence-electron chi connectivity index (χ2n) is 10.8. The Morgan fingerprint density at radius 3 is 2.36 bits per heavy atom. The predicted molar refractivity (Wildman–Crippen MR) is 150 cm³/mol. The number of rotatable bonds is 9. The average molecular weight is 664 g/mol. The fraction of sp³-hybridized carbons (Fsp3) is 0.233. The van der Waals surface area contributed by atoms with Crippen molar-refractivity contribution in [3.05, 3.63) is 83.4 Å². The minimum Gasteiger partial charge on any atom is -0.489 e. The van der Waals surface area contributed by atoms with Crippen molar-refractivity contribution in [3.8, 4) is 22.8 Å². The van der Waals surface area contributed by atoms with Crippen LogP contribution in [-0.2, 0) is 20.6 Å². The smallest absolute Gasteiger partial charge is 0.482 e. The van der Waals surface area contributed by atoms with Gasteiger partial charge in [-0.15, -0.1) is 0 Å².